The Morgan fingerprint density at radius 3 is 2.37 bits per heavy atom. The number of fused-ring (bicyclic) bond motifs is 3. The second kappa shape index (κ2) is 9.59. The zero-order valence-electron chi connectivity index (χ0n) is 18.7. The first-order valence-electron chi connectivity index (χ1n) is 11.2. The average molecular weight is 477 g/mol. The summed E-state index contributed by atoms with van der Waals surface area (Å²) in [7, 11) is 0. The van der Waals surface area contributed by atoms with Gasteiger partial charge < -0.3 is 29.3 Å². The van der Waals surface area contributed by atoms with E-state index in [1.807, 2.05) is 36.4 Å². The highest BCUT2D eigenvalue weighted by molar-refractivity contribution is 5.92. The summed E-state index contributed by atoms with van der Waals surface area (Å²) >= 11 is 0. The number of hydrogen-bond donors (Lipinski definition) is 2. The van der Waals surface area contributed by atoms with Gasteiger partial charge in [0.2, 0.25) is 0 Å². The van der Waals surface area contributed by atoms with Gasteiger partial charge in [0.1, 0.15) is 13.2 Å². The summed E-state index contributed by atoms with van der Waals surface area (Å²) in [5, 5.41) is 15.0. The molecular weight excluding hydrogens is 454 g/mol. The number of aliphatic carboxylic acids is 1. The first kappa shape index (κ1) is 22.6. The van der Waals surface area contributed by atoms with Crippen molar-refractivity contribution in [1.82, 2.24) is 15.4 Å². The lowest BCUT2D eigenvalue weighted by molar-refractivity contribution is -0.147. The summed E-state index contributed by atoms with van der Waals surface area (Å²) in [6.07, 6.45) is -0.908. The maximum atomic E-state index is 12.4. The van der Waals surface area contributed by atoms with Gasteiger partial charge in [-0.05, 0) is 22.3 Å². The number of likely N-dealkylation sites (tertiary alicyclic amines) is 1. The fraction of sp³-hybridized carbons (Fsp3) is 0.280. The van der Waals surface area contributed by atoms with Crippen LogP contribution in [0.15, 0.2) is 59.1 Å². The van der Waals surface area contributed by atoms with Crippen molar-refractivity contribution in [3.63, 3.8) is 0 Å². The minimum Gasteiger partial charge on any atom is -0.480 e. The third-order valence-corrected chi connectivity index (χ3v) is 6.11. The minimum absolute atomic E-state index is 0.0152. The number of alkyl carbamates (subject to hydrolysis) is 1. The third kappa shape index (κ3) is 4.73. The second-order valence-electron chi connectivity index (χ2n) is 8.39. The first-order chi connectivity index (χ1) is 17.0. The highest BCUT2D eigenvalue weighted by atomic mass is 16.5. The van der Waals surface area contributed by atoms with Crippen molar-refractivity contribution in [2.75, 3.05) is 26.3 Å². The zero-order valence-corrected chi connectivity index (χ0v) is 18.7. The summed E-state index contributed by atoms with van der Waals surface area (Å²) < 4.78 is 15.8. The van der Waals surface area contributed by atoms with Crippen LogP contribution in [0.1, 0.15) is 33.3 Å². The molecule has 0 spiro atoms. The number of amides is 2. The van der Waals surface area contributed by atoms with Crippen LogP contribution < -0.4 is 5.32 Å². The number of carbonyl (C=O) groups excluding carboxylic acids is 2. The van der Waals surface area contributed by atoms with Crippen molar-refractivity contribution in [2.24, 2.45) is 0 Å². The summed E-state index contributed by atoms with van der Waals surface area (Å²) in [5.41, 5.74) is 4.66. The van der Waals surface area contributed by atoms with Crippen LogP contribution in [-0.2, 0) is 20.8 Å². The molecule has 1 aromatic heterocycles. The lowest BCUT2D eigenvalue weighted by atomic mass is 9.98. The molecule has 2 aromatic carbocycles. The largest absolute Gasteiger partial charge is 0.480 e. The molecule has 2 aliphatic rings. The number of hydrogen-bond acceptors (Lipinski definition) is 7. The van der Waals surface area contributed by atoms with E-state index in [9.17, 15) is 14.4 Å². The normalized spacial score (nSPS) is 14.7. The second-order valence-corrected chi connectivity index (χ2v) is 8.39. The molecule has 1 aliphatic carbocycles. The van der Waals surface area contributed by atoms with Crippen molar-refractivity contribution in [2.45, 2.75) is 18.6 Å². The number of ether oxygens (including phenoxy) is 2. The third-order valence-electron chi connectivity index (χ3n) is 6.11. The van der Waals surface area contributed by atoms with Crippen molar-refractivity contribution in [3.8, 4) is 11.1 Å². The number of nitrogens with one attached hydrogen (secondary N) is 1. The highest BCUT2D eigenvalue weighted by Gasteiger charge is 2.34. The number of carboxylic acids is 1. The van der Waals surface area contributed by atoms with Crippen molar-refractivity contribution in [1.29, 1.82) is 0 Å². The Hall–Kier alpha value is -4.18. The summed E-state index contributed by atoms with van der Waals surface area (Å²) in [5.74, 6) is -1.14. The van der Waals surface area contributed by atoms with Gasteiger partial charge in [-0.1, -0.05) is 53.7 Å². The molecule has 35 heavy (non-hydrogen) atoms. The number of carboxylic acid groups (broad SMARTS) is 1. The Balaban J connectivity index is 1.10. The Kier molecular flexibility index (Phi) is 6.19. The molecule has 2 amide bonds. The van der Waals surface area contributed by atoms with Crippen molar-refractivity contribution < 1.29 is 33.5 Å². The van der Waals surface area contributed by atoms with Gasteiger partial charge in [0.15, 0.2) is 11.5 Å². The van der Waals surface area contributed by atoms with Gasteiger partial charge in [0.25, 0.3) is 5.91 Å². The molecule has 1 fully saturated rings. The fourth-order valence-corrected chi connectivity index (χ4v) is 4.37. The number of nitrogens with zero attached hydrogens (tertiary/aromatic N) is 2. The predicted molar refractivity (Wildman–Crippen MR) is 122 cm³/mol. The fourth-order valence-electron chi connectivity index (χ4n) is 4.37. The van der Waals surface area contributed by atoms with Crippen LogP contribution in [0.3, 0.4) is 0 Å². The van der Waals surface area contributed by atoms with E-state index in [0.29, 0.717) is 5.76 Å². The molecule has 2 N–H and O–H groups in total. The number of benzene rings is 2. The molecule has 1 saturated heterocycles. The van der Waals surface area contributed by atoms with Gasteiger partial charge in [-0.25, -0.2) is 9.59 Å². The smallest absolute Gasteiger partial charge is 0.407 e. The van der Waals surface area contributed by atoms with E-state index >= 15 is 0 Å². The van der Waals surface area contributed by atoms with Crippen LogP contribution in [0.5, 0.6) is 0 Å². The lowest BCUT2D eigenvalue weighted by Gasteiger charge is -2.37. The van der Waals surface area contributed by atoms with Gasteiger partial charge in [0.05, 0.1) is 12.6 Å². The van der Waals surface area contributed by atoms with E-state index in [2.05, 4.69) is 22.6 Å². The first-order valence-corrected chi connectivity index (χ1v) is 11.2. The van der Waals surface area contributed by atoms with E-state index in [-0.39, 0.29) is 49.9 Å². The SMILES string of the molecule is O=C(O)COC1CN(C(=O)c2cc(CNC(=O)OCC3c4ccccc4-c4ccccc43)on2)C1. The number of aromatic nitrogens is 1. The molecule has 1 aliphatic heterocycles. The standard InChI is InChI=1S/C25H23N3O7/c29-23(30)14-33-16-11-28(12-16)24(31)22-9-15(35-27-22)10-26-25(32)34-13-21-19-7-3-1-5-17(19)18-6-2-4-8-20(18)21/h1-9,16,21H,10-14H2,(H,26,32)(H,29,30). The Morgan fingerprint density at radius 2 is 1.71 bits per heavy atom. The molecular formula is C25H23N3O7. The molecule has 0 bridgehead atoms. The maximum absolute atomic E-state index is 12.4. The molecule has 10 nitrogen and oxygen atoms in total. The molecule has 5 rings (SSSR count). The van der Waals surface area contributed by atoms with Gasteiger partial charge in [-0.3, -0.25) is 4.79 Å². The molecule has 0 saturated carbocycles. The molecule has 3 aromatic rings. The summed E-state index contributed by atoms with van der Waals surface area (Å²) in [4.78, 5) is 36.8. The maximum Gasteiger partial charge on any atom is 0.407 e. The van der Waals surface area contributed by atoms with Crippen LogP contribution in [0, 0.1) is 0 Å². The molecule has 10 heteroatoms. The predicted octanol–water partition coefficient (Wildman–Crippen LogP) is 2.64. The molecule has 0 radical (unpaired) electrons. The molecule has 0 atom stereocenters. The quantitative estimate of drug-likeness (QED) is 0.506. The lowest BCUT2D eigenvalue weighted by Crippen LogP contribution is -2.55. The molecule has 180 valence electrons. The minimum atomic E-state index is -1.06. The van der Waals surface area contributed by atoms with E-state index in [1.165, 1.54) is 11.0 Å². The van der Waals surface area contributed by atoms with Gasteiger partial charge >= 0.3 is 12.1 Å². The van der Waals surface area contributed by atoms with Crippen molar-refractivity contribution in [3.05, 3.63) is 77.2 Å². The zero-order chi connectivity index (χ0) is 24.4. The Morgan fingerprint density at radius 1 is 1.06 bits per heavy atom. The van der Waals surface area contributed by atoms with Crippen molar-refractivity contribution >= 4 is 18.0 Å². The van der Waals surface area contributed by atoms with Crippen LogP contribution >= 0.6 is 0 Å². The summed E-state index contributed by atoms with van der Waals surface area (Å²) in [6, 6.07) is 17.6. The highest BCUT2D eigenvalue weighted by Crippen LogP contribution is 2.44. The number of rotatable bonds is 8. The van der Waals surface area contributed by atoms with E-state index in [0.717, 1.165) is 22.3 Å². The molecule has 0 unspecified atom stereocenters. The van der Waals surface area contributed by atoms with Crippen LogP contribution in [0.2, 0.25) is 0 Å². The van der Waals surface area contributed by atoms with Gasteiger partial charge in [-0.15, -0.1) is 0 Å². The number of carbonyl (C=O) groups is 3. The van der Waals surface area contributed by atoms with Gasteiger partial charge in [-0.2, -0.15) is 0 Å². The van der Waals surface area contributed by atoms with Gasteiger partial charge in [0, 0.05) is 25.1 Å². The van der Waals surface area contributed by atoms with Crippen LogP contribution in [0.25, 0.3) is 11.1 Å². The molecule has 2 heterocycles. The Labute approximate surface area is 200 Å². The summed E-state index contributed by atoms with van der Waals surface area (Å²) in [6.45, 7) is 0.377. The topological polar surface area (TPSA) is 131 Å². The van der Waals surface area contributed by atoms with E-state index in [1.54, 1.807) is 0 Å². The Bertz CT molecular complexity index is 1220. The van der Waals surface area contributed by atoms with E-state index < -0.39 is 18.7 Å². The van der Waals surface area contributed by atoms with E-state index in [4.69, 9.17) is 19.1 Å². The van der Waals surface area contributed by atoms with Crippen LogP contribution in [0.4, 0.5) is 4.79 Å². The van der Waals surface area contributed by atoms with Crippen LogP contribution in [-0.4, -0.2) is 65.5 Å². The monoisotopic (exact) mass is 477 g/mol. The average Bonchev–Trinajstić information content (AvgIpc) is 3.43.